The van der Waals surface area contributed by atoms with Gasteiger partial charge in [-0.25, -0.2) is 0 Å². The third-order valence-corrected chi connectivity index (χ3v) is 4.20. The lowest BCUT2D eigenvalue weighted by molar-refractivity contribution is 0.155. The highest BCUT2D eigenvalue weighted by atomic mass is 32.2. The van der Waals surface area contributed by atoms with Gasteiger partial charge >= 0.3 is 0 Å². The van der Waals surface area contributed by atoms with Crippen LogP contribution in [0.3, 0.4) is 0 Å². The molecule has 2 heteroatoms. The van der Waals surface area contributed by atoms with Crippen molar-refractivity contribution in [2.75, 3.05) is 24.6 Å². The van der Waals surface area contributed by atoms with Crippen LogP contribution in [-0.2, 0) is 0 Å². The van der Waals surface area contributed by atoms with Gasteiger partial charge in [0.15, 0.2) is 0 Å². The molecule has 0 atom stereocenters. The Morgan fingerprint density at radius 1 is 1.18 bits per heavy atom. The first-order chi connectivity index (χ1) is 5.36. The number of piperidine rings is 1. The Hall–Kier alpha value is 0.310. The second kappa shape index (κ2) is 3.36. The molecule has 2 rings (SSSR count). The van der Waals surface area contributed by atoms with Gasteiger partial charge in [-0.2, -0.15) is 11.8 Å². The normalized spacial score (nSPS) is 30.3. The molecule has 0 aliphatic carbocycles. The second-order valence-corrected chi connectivity index (χ2v) is 4.98. The van der Waals surface area contributed by atoms with Crippen LogP contribution in [0.15, 0.2) is 0 Å². The topological polar surface area (TPSA) is 3.24 Å². The first-order valence-corrected chi connectivity index (χ1v) is 5.83. The maximum Gasteiger partial charge on any atom is 0.0276 e. The van der Waals surface area contributed by atoms with Gasteiger partial charge in [0.2, 0.25) is 0 Å². The van der Waals surface area contributed by atoms with Crippen molar-refractivity contribution in [1.82, 2.24) is 4.90 Å². The van der Waals surface area contributed by atoms with Crippen LogP contribution in [0.5, 0.6) is 0 Å². The SMILES string of the molecule is CC1CCN(C2CSC2)CC1. The maximum atomic E-state index is 2.69. The smallest absolute Gasteiger partial charge is 0.0276 e. The molecular weight excluding hydrogens is 154 g/mol. The van der Waals surface area contributed by atoms with Gasteiger partial charge in [0, 0.05) is 17.5 Å². The van der Waals surface area contributed by atoms with Gasteiger partial charge in [-0.3, -0.25) is 4.90 Å². The fourth-order valence-corrected chi connectivity index (χ4v) is 2.70. The Bertz CT molecular complexity index is 126. The maximum absolute atomic E-state index is 2.69. The Morgan fingerprint density at radius 3 is 2.27 bits per heavy atom. The lowest BCUT2D eigenvalue weighted by Gasteiger charge is -2.40. The molecule has 0 aromatic heterocycles. The van der Waals surface area contributed by atoms with E-state index in [2.05, 4.69) is 23.6 Å². The molecule has 2 saturated heterocycles. The zero-order valence-corrected chi connectivity index (χ0v) is 8.07. The van der Waals surface area contributed by atoms with Crippen molar-refractivity contribution in [2.45, 2.75) is 25.8 Å². The Labute approximate surface area is 73.5 Å². The molecule has 2 heterocycles. The van der Waals surface area contributed by atoms with Crippen LogP contribution < -0.4 is 0 Å². The molecule has 0 radical (unpaired) electrons. The molecule has 0 N–H and O–H groups in total. The van der Waals surface area contributed by atoms with E-state index in [0.717, 1.165) is 12.0 Å². The predicted molar refractivity (Wildman–Crippen MR) is 51.1 cm³/mol. The Morgan fingerprint density at radius 2 is 1.82 bits per heavy atom. The van der Waals surface area contributed by atoms with Gasteiger partial charge < -0.3 is 0 Å². The molecule has 0 saturated carbocycles. The van der Waals surface area contributed by atoms with E-state index in [1.54, 1.807) is 0 Å². The van der Waals surface area contributed by atoms with Crippen molar-refractivity contribution < 1.29 is 0 Å². The number of thioether (sulfide) groups is 1. The summed E-state index contributed by atoms with van der Waals surface area (Å²) < 4.78 is 0. The number of hydrogen-bond acceptors (Lipinski definition) is 2. The molecule has 2 aliphatic heterocycles. The first-order valence-electron chi connectivity index (χ1n) is 4.68. The van der Waals surface area contributed by atoms with Crippen LogP contribution in [0.1, 0.15) is 19.8 Å². The summed E-state index contributed by atoms with van der Waals surface area (Å²) in [7, 11) is 0. The highest BCUT2D eigenvalue weighted by Gasteiger charge is 2.27. The predicted octanol–water partition coefficient (Wildman–Crippen LogP) is 1.83. The van der Waals surface area contributed by atoms with E-state index in [1.165, 1.54) is 37.4 Å². The Kier molecular flexibility index (Phi) is 2.42. The van der Waals surface area contributed by atoms with Gasteiger partial charge in [-0.1, -0.05) is 6.92 Å². The number of hydrogen-bond donors (Lipinski definition) is 0. The summed E-state index contributed by atoms with van der Waals surface area (Å²) in [5, 5.41) is 0. The molecular formula is C9H17NS. The van der Waals surface area contributed by atoms with Crippen LogP contribution in [0.2, 0.25) is 0 Å². The molecule has 11 heavy (non-hydrogen) atoms. The summed E-state index contributed by atoms with van der Waals surface area (Å²) in [5.41, 5.74) is 0. The van der Waals surface area contributed by atoms with E-state index < -0.39 is 0 Å². The average Bonchev–Trinajstić information content (AvgIpc) is 1.90. The molecule has 64 valence electrons. The third kappa shape index (κ3) is 1.73. The van der Waals surface area contributed by atoms with E-state index >= 15 is 0 Å². The van der Waals surface area contributed by atoms with Crippen molar-refractivity contribution >= 4 is 11.8 Å². The highest BCUT2D eigenvalue weighted by molar-refractivity contribution is 8.00. The monoisotopic (exact) mass is 171 g/mol. The largest absolute Gasteiger partial charge is 0.299 e. The number of likely N-dealkylation sites (tertiary alicyclic amines) is 1. The van der Waals surface area contributed by atoms with Crippen molar-refractivity contribution in [2.24, 2.45) is 5.92 Å². The summed E-state index contributed by atoms with van der Waals surface area (Å²) in [6.45, 7) is 5.12. The van der Waals surface area contributed by atoms with Crippen LogP contribution >= 0.6 is 11.8 Å². The van der Waals surface area contributed by atoms with Crippen molar-refractivity contribution in [3.63, 3.8) is 0 Å². The summed E-state index contributed by atoms with van der Waals surface area (Å²) in [6, 6.07) is 0.951. The summed E-state index contributed by atoms with van der Waals surface area (Å²) >= 11 is 2.10. The standard InChI is InChI=1S/C9H17NS/c1-8-2-4-10(5-3-8)9-6-11-7-9/h8-9H,2-7H2,1H3. The Balaban J connectivity index is 1.77. The summed E-state index contributed by atoms with van der Waals surface area (Å²) in [5.74, 6) is 3.78. The summed E-state index contributed by atoms with van der Waals surface area (Å²) in [4.78, 5) is 2.69. The van der Waals surface area contributed by atoms with Gasteiger partial charge in [0.1, 0.15) is 0 Å². The third-order valence-electron chi connectivity index (χ3n) is 2.96. The molecule has 0 aromatic carbocycles. The minimum atomic E-state index is 0.951. The minimum Gasteiger partial charge on any atom is -0.299 e. The highest BCUT2D eigenvalue weighted by Crippen LogP contribution is 2.27. The number of rotatable bonds is 1. The van der Waals surface area contributed by atoms with E-state index in [0.29, 0.717) is 0 Å². The molecule has 0 aromatic rings. The molecule has 0 amide bonds. The summed E-state index contributed by atoms with van der Waals surface area (Å²) in [6.07, 6.45) is 2.86. The van der Waals surface area contributed by atoms with Crippen LogP contribution in [0.25, 0.3) is 0 Å². The van der Waals surface area contributed by atoms with Gasteiger partial charge in [0.05, 0.1) is 0 Å². The fourth-order valence-electron chi connectivity index (χ4n) is 1.83. The van der Waals surface area contributed by atoms with Gasteiger partial charge in [-0.15, -0.1) is 0 Å². The van der Waals surface area contributed by atoms with Crippen molar-refractivity contribution in [3.05, 3.63) is 0 Å². The lowest BCUT2D eigenvalue weighted by Crippen LogP contribution is -2.47. The van der Waals surface area contributed by atoms with Crippen LogP contribution in [-0.4, -0.2) is 35.5 Å². The zero-order chi connectivity index (χ0) is 7.68. The molecule has 0 unspecified atom stereocenters. The van der Waals surface area contributed by atoms with E-state index in [9.17, 15) is 0 Å². The van der Waals surface area contributed by atoms with E-state index in [4.69, 9.17) is 0 Å². The first kappa shape index (κ1) is 7.93. The van der Waals surface area contributed by atoms with Crippen molar-refractivity contribution in [3.8, 4) is 0 Å². The molecule has 1 nitrogen and oxygen atoms in total. The zero-order valence-electron chi connectivity index (χ0n) is 7.25. The second-order valence-electron chi connectivity index (χ2n) is 3.91. The molecule has 0 bridgehead atoms. The molecule has 0 spiro atoms. The van der Waals surface area contributed by atoms with Gasteiger partial charge in [0.25, 0.3) is 0 Å². The fraction of sp³-hybridized carbons (Fsp3) is 1.00. The van der Waals surface area contributed by atoms with Crippen LogP contribution in [0, 0.1) is 5.92 Å². The molecule has 2 aliphatic rings. The van der Waals surface area contributed by atoms with E-state index in [1.807, 2.05) is 0 Å². The van der Waals surface area contributed by atoms with E-state index in [-0.39, 0.29) is 0 Å². The van der Waals surface area contributed by atoms with Gasteiger partial charge in [-0.05, 0) is 31.8 Å². The van der Waals surface area contributed by atoms with Crippen molar-refractivity contribution in [1.29, 1.82) is 0 Å². The quantitative estimate of drug-likeness (QED) is 0.592. The minimum absolute atomic E-state index is 0.951. The van der Waals surface area contributed by atoms with Crippen LogP contribution in [0.4, 0.5) is 0 Å². The lowest BCUT2D eigenvalue weighted by atomic mass is 9.98. The number of nitrogens with zero attached hydrogens (tertiary/aromatic N) is 1. The molecule has 2 fully saturated rings. The average molecular weight is 171 g/mol.